The fraction of sp³-hybridized carbons (Fsp3) is 0.480. The molecule has 4 rings (SSSR count). The Kier molecular flexibility index (Phi) is 8.14. The van der Waals surface area contributed by atoms with Crippen LogP contribution in [0.5, 0.6) is 0 Å². The minimum atomic E-state index is -0.132. The predicted octanol–water partition coefficient (Wildman–Crippen LogP) is 2.45. The largest absolute Gasteiger partial charge is 0.376 e. The second kappa shape index (κ2) is 11.7. The molecule has 0 aliphatic carbocycles. The van der Waals surface area contributed by atoms with Gasteiger partial charge in [0, 0.05) is 52.1 Å². The SMILES string of the molecule is O=C(NCC1CCCO1)c1cccnc1N1CCN(C(=O)NCCCc2ccccc2)CC1. The number of hydrogen-bond donors (Lipinski definition) is 2. The fourth-order valence-corrected chi connectivity index (χ4v) is 4.30. The molecule has 0 bridgehead atoms. The average molecular weight is 452 g/mol. The number of anilines is 1. The number of piperazine rings is 1. The van der Waals surface area contributed by atoms with Gasteiger partial charge in [0.2, 0.25) is 0 Å². The van der Waals surface area contributed by atoms with Gasteiger partial charge in [-0.1, -0.05) is 30.3 Å². The molecule has 0 saturated carbocycles. The summed E-state index contributed by atoms with van der Waals surface area (Å²) in [6.07, 6.45) is 5.70. The summed E-state index contributed by atoms with van der Waals surface area (Å²) in [5.74, 6) is 0.539. The normalized spacial score (nSPS) is 18.2. The molecule has 1 aromatic heterocycles. The first kappa shape index (κ1) is 23.0. The molecule has 8 heteroatoms. The van der Waals surface area contributed by atoms with Crippen molar-refractivity contribution in [2.75, 3.05) is 50.8 Å². The zero-order valence-corrected chi connectivity index (χ0v) is 19.0. The highest BCUT2D eigenvalue weighted by Gasteiger charge is 2.25. The van der Waals surface area contributed by atoms with E-state index in [0.29, 0.717) is 50.6 Å². The summed E-state index contributed by atoms with van der Waals surface area (Å²) in [7, 11) is 0. The number of nitrogens with one attached hydrogen (secondary N) is 2. The Morgan fingerprint density at radius 1 is 1.03 bits per heavy atom. The Balaban J connectivity index is 1.23. The van der Waals surface area contributed by atoms with Crippen LogP contribution in [0.15, 0.2) is 48.7 Å². The molecule has 2 aliphatic rings. The molecule has 8 nitrogen and oxygen atoms in total. The van der Waals surface area contributed by atoms with Crippen LogP contribution in [-0.4, -0.2) is 73.8 Å². The van der Waals surface area contributed by atoms with Crippen LogP contribution in [0, 0.1) is 0 Å². The van der Waals surface area contributed by atoms with Crippen LogP contribution >= 0.6 is 0 Å². The molecule has 1 aromatic carbocycles. The molecule has 2 saturated heterocycles. The molecule has 33 heavy (non-hydrogen) atoms. The molecule has 2 aromatic rings. The van der Waals surface area contributed by atoms with Crippen LogP contribution in [0.4, 0.5) is 10.6 Å². The highest BCUT2D eigenvalue weighted by Crippen LogP contribution is 2.19. The second-order valence-corrected chi connectivity index (χ2v) is 8.51. The van der Waals surface area contributed by atoms with Gasteiger partial charge in [0.25, 0.3) is 5.91 Å². The van der Waals surface area contributed by atoms with Gasteiger partial charge in [0.1, 0.15) is 5.82 Å². The highest BCUT2D eigenvalue weighted by molar-refractivity contribution is 5.99. The smallest absolute Gasteiger partial charge is 0.317 e. The maximum absolute atomic E-state index is 12.8. The van der Waals surface area contributed by atoms with Crippen molar-refractivity contribution in [1.82, 2.24) is 20.5 Å². The van der Waals surface area contributed by atoms with E-state index in [2.05, 4.69) is 32.7 Å². The van der Waals surface area contributed by atoms with Crippen molar-refractivity contribution >= 4 is 17.8 Å². The van der Waals surface area contributed by atoms with E-state index in [-0.39, 0.29) is 18.0 Å². The first-order valence-corrected chi connectivity index (χ1v) is 11.9. The molecule has 2 N–H and O–H groups in total. The minimum Gasteiger partial charge on any atom is -0.376 e. The van der Waals surface area contributed by atoms with Gasteiger partial charge in [0.15, 0.2) is 0 Å². The van der Waals surface area contributed by atoms with Gasteiger partial charge in [-0.3, -0.25) is 4.79 Å². The molecule has 2 fully saturated rings. The Morgan fingerprint density at radius 2 is 1.85 bits per heavy atom. The Bertz CT molecular complexity index is 909. The summed E-state index contributed by atoms with van der Waals surface area (Å²) in [6, 6.07) is 13.9. The van der Waals surface area contributed by atoms with Crippen molar-refractivity contribution in [2.45, 2.75) is 31.8 Å². The molecule has 3 heterocycles. The molecular weight excluding hydrogens is 418 g/mol. The van der Waals surface area contributed by atoms with Gasteiger partial charge in [-0.2, -0.15) is 0 Å². The van der Waals surface area contributed by atoms with E-state index in [1.807, 2.05) is 23.1 Å². The van der Waals surface area contributed by atoms with Crippen LogP contribution in [-0.2, 0) is 11.2 Å². The fourth-order valence-electron chi connectivity index (χ4n) is 4.30. The van der Waals surface area contributed by atoms with E-state index in [1.54, 1.807) is 18.3 Å². The average Bonchev–Trinajstić information content (AvgIpc) is 3.40. The molecule has 3 amide bonds. The van der Waals surface area contributed by atoms with Gasteiger partial charge in [0.05, 0.1) is 11.7 Å². The third kappa shape index (κ3) is 6.44. The number of aryl methyl sites for hydroxylation is 1. The standard InChI is InChI=1S/C25H33N5O3/c31-24(28-19-21-10-6-18-33-21)22-11-5-12-26-23(22)29-14-16-30(17-15-29)25(32)27-13-4-9-20-7-2-1-3-8-20/h1-3,5,7-8,11-12,21H,4,6,9-10,13-19H2,(H,27,32)(H,28,31). The maximum Gasteiger partial charge on any atom is 0.317 e. The van der Waals surface area contributed by atoms with Gasteiger partial charge >= 0.3 is 6.03 Å². The van der Waals surface area contributed by atoms with E-state index in [0.717, 1.165) is 32.3 Å². The lowest BCUT2D eigenvalue weighted by Crippen LogP contribution is -2.52. The first-order chi connectivity index (χ1) is 16.2. The zero-order valence-electron chi connectivity index (χ0n) is 19.0. The van der Waals surface area contributed by atoms with E-state index >= 15 is 0 Å². The van der Waals surface area contributed by atoms with Gasteiger partial charge in [-0.15, -0.1) is 0 Å². The van der Waals surface area contributed by atoms with Gasteiger partial charge < -0.3 is 25.2 Å². The zero-order chi connectivity index (χ0) is 22.9. The number of carbonyl (C=O) groups is 2. The molecule has 176 valence electrons. The van der Waals surface area contributed by atoms with Crippen LogP contribution in [0.3, 0.4) is 0 Å². The van der Waals surface area contributed by atoms with Gasteiger partial charge in [-0.25, -0.2) is 9.78 Å². The number of aromatic nitrogens is 1. The van der Waals surface area contributed by atoms with E-state index in [1.165, 1.54) is 5.56 Å². The number of carbonyl (C=O) groups excluding carboxylic acids is 2. The van der Waals surface area contributed by atoms with Crippen LogP contribution in [0.1, 0.15) is 35.2 Å². The number of hydrogen-bond acceptors (Lipinski definition) is 5. The van der Waals surface area contributed by atoms with E-state index < -0.39 is 0 Å². The summed E-state index contributed by atoms with van der Waals surface area (Å²) in [5.41, 5.74) is 1.85. The number of pyridine rings is 1. The van der Waals surface area contributed by atoms with Crippen molar-refractivity contribution in [1.29, 1.82) is 0 Å². The maximum atomic E-state index is 12.8. The monoisotopic (exact) mass is 451 g/mol. The lowest BCUT2D eigenvalue weighted by Gasteiger charge is -2.36. The highest BCUT2D eigenvalue weighted by atomic mass is 16.5. The van der Waals surface area contributed by atoms with Crippen molar-refractivity contribution in [3.8, 4) is 0 Å². The lowest BCUT2D eigenvalue weighted by atomic mass is 10.1. The summed E-state index contributed by atoms with van der Waals surface area (Å²) in [6.45, 7) is 4.41. The Morgan fingerprint density at radius 3 is 2.61 bits per heavy atom. The molecule has 1 atom stereocenters. The quantitative estimate of drug-likeness (QED) is 0.602. The van der Waals surface area contributed by atoms with Crippen molar-refractivity contribution < 1.29 is 14.3 Å². The molecule has 0 radical (unpaired) electrons. The Labute approximate surface area is 195 Å². The van der Waals surface area contributed by atoms with Crippen molar-refractivity contribution in [2.24, 2.45) is 0 Å². The number of amides is 3. The van der Waals surface area contributed by atoms with E-state index in [4.69, 9.17) is 4.74 Å². The first-order valence-electron chi connectivity index (χ1n) is 11.9. The minimum absolute atomic E-state index is 0.0294. The van der Waals surface area contributed by atoms with Gasteiger partial charge in [-0.05, 0) is 43.4 Å². The van der Waals surface area contributed by atoms with Crippen molar-refractivity contribution in [3.63, 3.8) is 0 Å². The van der Waals surface area contributed by atoms with Crippen LogP contribution < -0.4 is 15.5 Å². The summed E-state index contributed by atoms with van der Waals surface area (Å²) in [5, 5.41) is 6.01. The predicted molar refractivity (Wildman–Crippen MR) is 127 cm³/mol. The number of rotatable bonds is 8. The number of benzene rings is 1. The summed E-state index contributed by atoms with van der Waals surface area (Å²) < 4.78 is 5.59. The van der Waals surface area contributed by atoms with Crippen LogP contribution in [0.25, 0.3) is 0 Å². The molecule has 1 unspecified atom stereocenters. The molecule has 2 aliphatic heterocycles. The van der Waals surface area contributed by atoms with Crippen molar-refractivity contribution in [3.05, 3.63) is 59.8 Å². The number of nitrogens with zero attached hydrogens (tertiary/aromatic N) is 3. The third-order valence-electron chi connectivity index (χ3n) is 6.17. The topological polar surface area (TPSA) is 86.8 Å². The number of urea groups is 1. The summed E-state index contributed by atoms with van der Waals surface area (Å²) >= 11 is 0. The second-order valence-electron chi connectivity index (χ2n) is 8.51. The Hall–Kier alpha value is -3.13. The molecular formula is C25H33N5O3. The third-order valence-corrected chi connectivity index (χ3v) is 6.17. The van der Waals surface area contributed by atoms with E-state index in [9.17, 15) is 9.59 Å². The van der Waals surface area contributed by atoms with Crippen LogP contribution in [0.2, 0.25) is 0 Å². The lowest BCUT2D eigenvalue weighted by molar-refractivity contribution is 0.0857. The molecule has 0 spiro atoms. The number of ether oxygens (including phenoxy) is 1. The summed E-state index contributed by atoms with van der Waals surface area (Å²) in [4.78, 5) is 33.7.